The topological polar surface area (TPSA) is 50.8 Å². The summed E-state index contributed by atoms with van der Waals surface area (Å²) in [6.45, 7) is 0.779. The summed E-state index contributed by atoms with van der Waals surface area (Å²) in [6.07, 6.45) is 5.01. The molecule has 1 unspecified atom stereocenters. The average Bonchev–Trinajstić information content (AvgIpc) is 3.19. The van der Waals surface area contributed by atoms with E-state index in [0.717, 1.165) is 52.1 Å². The molecule has 1 atom stereocenters. The maximum Gasteiger partial charge on any atom is 0.150 e. The summed E-state index contributed by atoms with van der Waals surface area (Å²) in [7, 11) is 0. The van der Waals surface area contributed by atoms with Gasteiger partial charge in [0.05, 0.1) is 16.1 Å². The summed E-state index contributed by atoms with van der Waals surface area (Å²) in [5, 5.41) is 15.1. The molecule has 2 aromatic heterocycles. The molecular weight excluding hydrogens is 294 g/mol. The van der Waals surface area contributed by atoms with Crippen LogP contribution in [0.5, 0.6) is 0 Å². The minimum absolute atomic E-state index is 0.0181. The van der Waals surface area contributed by atoms with Gasteiger partial charge in [0.15, 0.2) is 6.23 Å². The second kappa shape index (κ2) is 5.56. The third kappa shape index (κ3) is 2.12. The molecule has 1 aromatic carbocycles. The van der Waals surface area contributed by atoms with Gasteiger partial charge in [0.2, 0.25) is 0 Å². The molecule has 0 radical (unpaired) electrons. The predicted octanol–water partition coefficient (Wildman–Crippen LogP) is 4.34. The van der Waals surface area contributed by atoms with Crippen molar-refractivity contribution in [2.24, 2.45) is 0 Å². The van der Waals surface area contributed by atoms with E-state index in [1.165, 1.54) is 0 Å². The molecule has 1 saturated heterocycles. The van der Waals surface area contributed by atoms with Crippen LogP contribution in [-0.4, -0.2) is 16.4 Å². The molecule has 3 heterocycles. The van der Waals surface area contributed by atoms with Crippen LogP contribution in [0.25, 0.3) is 20.7 Å². The number of fused-ring (bicyclic) bond motifs is 1. The number of hydrogen-bond acceptors (Lipinski definition) is 4. The van der Waals surface area contributed by atoms with E-state index in [1.54, 1.807) is 17.5 Å². The second-order valence-electron chi connectivity index (χ2n) is 5.40. The van der Waals surface area contributed by atoms with Crippen LogP contribution in [0.15, 0.2) is 36.5 Å². The highest BCUT2D eigenvalue weighted by Crippen LogP contribution is 2.39. The van der Waals surface area contributed by atoms with Gasteiger partial charge in [-0.25, -0.2) is 4.68 Å². The summed E-state index contributed by atoms with van der Waals surface area (Å²) in [6, 6.07) is 12.4. The van der Waals surface area contributed by atoms with Crippen LogP contribution in [0, 0.1) is 11.3 Å². The van der Waals surface area contributed by atoms with Crippen LogP contribution in [0.2, 0.25) is 0 Å². The van der Waals surface area contributed by atoms with Crippen molar-refractivity contribution in [3.8, 4) is 16.6 Å². The monoisotopic (exact) mass is 309 g/mol. The molecule has 1 aliphatic rings. The molecule has 1 fully saturated rings. The van der Waals surface area contributed by atoms with Gasteiger partial charge in [-0.2, -0.15) is 10.4 Å². The first-order valence-corrected chi connectivity index (χ1v) is 8.27. The highest BCUT2D eigenvalue weighted by Gasteiger charge is 2.22. The number of rotatable bonds is 2. The van der Waals surface area contributed by atoms with Gasteiger partial charge in [-0.3, -0.25) is 0 Å². The van der Waals surface area contributed by atoms with E-state index in [9.17, 15) is 5.26 Å². The number of nitrogens with zero attached hydrogens (tertiary/aromatic N) is 3. The van der Waals surface area contributed by atoms with Crippen molar-refractivity contribution in [1.29, 1.82) is 5.26 Å². The van der Waals surface area contributed by atoms with Gasteiger partial charge < -0.3 is 4.74 Å². The van der Waals surface area contributed by atoms with Crippen molar-refractivity contribution in [1.82, 2.24) is 9.78 Å². The lowest BCUT2D eigenvalue weighted by molar-refractivity contribution is -0.0383. The Morgan fingerprint density at radius 1 is 1.27 bits per heavy atom. The van der Waals surface area contributed by atoms with Crippen molar-refractivity contribution < 1.29 is 4.74 Å². The molecule has 5 heteroatoms. The maximum atomic E-state index is 9.60. The number of benzene rings is 1. The van der Waals surface area contributed by atoms with Gasteiger partial charge in [0.1, 0.15) is 6.07 Å². The number of hydrogen-bond donors (Lipinski definition) is 0. The molecule has 4 rings (SSSR count). The van der Waals surface area contributed by atoms with Gasteiger partial charge in [-0.1, -0.05) is 18.2 Å². The van der Waals surface area contributed by atoms with E-state index >= 15 is 0 Å². The van der Waals surface area contributed by atoms with E-state index in [0.29, 0.717) is 0 Å². The fourth-order valence-corrected chi connectivity index (χ4v) is 4.15. The molecule has 0 N–H and O–H groups in total. The summed E-state index contributed by atoms with van der Waals surface area (Å²) in [4.78, 5) is 0.982. The van der Waals surface area contributed by atoms with E-state index in [2.05, 4.69) is 17.2 Å². The first kappa shape index (κ1) is 13.5. The predicted molar refractivity (Wildman–Crippen MR) is 86.6 cm³/mol. The van der Waals surface area contributed by atoms with Crippen LogP contribution in [0.4, 0.5) is 0 Å². The fraction of sp³-hybridized carbons (Fsp3) is 0.294. The van der Waals surface area contributed by atoms with Crippen molar-refractivity contribution in [3.05, 3.63) is 42.1 Å². The minimum Gasteiger partial charge on any atom is -0.356 e. The average molecular weight is 309 g/mol. The molecule has 3 aromatic rings. The molecule has 0 spiro atoms. The van der Waals surface area contributed by atoms with Gasteiger partial charge in [-0.05, 0) is 31.4 Å². The molecular formula is C17H15N3OS. The molecule has 0 aliphatic carbocycles. The van der Waals surface area contributed by atoms with Crippen molar-refractivity contribution >= 4 is 21.4 Å². The Bertz CT molecular complexity index is 852. The highest BCUT2D eigenvalue weighted by molar-refractivity contribution is 7.22. The molecule has 0 amide bonds. The highest BCUT2D eigenvalue weighted by atomic mass is 32.1. The Morgan fingerprint density at radius 2 is 2.18 bits per heavy atom. The lowest BCUT2D eigenvalue weighted by Crippen LogP contribution is -2.19. The maximum absolute atomic E-state index is 9.60. The zero-order chi connectivity index (χ0) is 14.9. The third-order valence-electron chi connectivity index (χ3n) is 4.04. The Hall–Kier alpha value is -2.16. The number of ether oxygens (including phenoxy) is 1. The van der Waals surface area contributed by atoms with E-state index in [4.69, 9.17) is 4.74 Å². The Labute approximate surface area is 132 Å². The number of thiophene rings is 1. The van der Waals surface area contributed by atoms with Crippen LogP contribution >= 0.6 is 11.3 Å². The van der Waals surface area contributed by atoms with Gasteiger partial charge in [0, 0.05) is 22.9 Å². The molecule has 110 valence electrons. The SMILES string of the molecule is N#Cc1c(-c2ccnn2C2CCCCO2)sc2ccccc12. The first-order valence-electron chi connectivity index (χ1n) is 7.45. The number of nitriles is 1. The zero-order valence-corrected chi connectivity index (χ0v) is 12.8. The van der Waals surface area contributed by atoms with Crippen molar-refractivity contribution in [2.75, 3.05) is 6.61 Å². The third-order valence-corrected chi connectivity index (χ3v) is 5.23. The summed E-state index contributed by atoms with van der Waals surface area (Å²) in [5.74, 6) is 0. The molecule has 0 saturated carbocycles. The second-order valence-corrected chi connectivity index (χ2v) is 6.45. The Morgan fingerprint density at radius 3 is 3.00 bits per heavy atom. The molecule has 4 nitrogen and oxygen atoms in total. The van der Waals surface area contributed by atoms with E-state index < -0.39 is 0 Å². The quantitative estimate of drug-likeness (QED) is 0.707. The van der Waals surface area contributed by atoms with Crippen molar-refractivity contribution in [2.45, 2.75) is 25.5 Å². The van der Waals surface area contributed by atoms with Crippen LogP contribution in [-0.2, 0) is 4.74 Å². The normalized spacial score (nSPS) is 18.4. The molecule has 22 heavy (non-hydrogen) atoms. The van der Waals surface area contributed by atoms with Gasteiger partial charge >= 0.3 is 0 Å². The molecule has 1 aliphatic heterocycles. The Balaban J connectivity index is 1.86. The van der Waals surface area contributed by atoms with Crippen LogP contribution < -0.4 is 0 Å². The number of aromatic nitrogens is 2. The summed E-state index contributed by atoms with van der Waals surface area (Å²) in [5.41, 5.74) is 1.71. The molecule has 0 bridgehead atoms. The first-order chi connectivity index (χ1) is 10.9. The Kier molecular flexibility index (Phi) is 3.41. The lowest BCUT2D eigenvalue weighted by atomic mass is 10.1. The lowest BCUT2D eigenvalue weighted by Gasteiger charge is -2.24. The van der Waals surface area contributed by atoms with Crippen molar-refractivity contribution in [3.63, 3.8) is 0 Å². The minimum atomic E-state index is -0.0181. The van der Waals surface area contributed by atoms with E-state index in [1.807, 2.05) is 28.9 Å². The zero-order valence-electron chi connectivity index (χ0n) is 12.0. The standard InChI is InChI=1S/C17H15N3OS/c18-11-13-12-5-1-2-6-15(12)22-17(13)14-8-9-19-20(14)16-7-3-4-10-21-16/h1-2,5-6,8-9,16H,3-4,7,10H2. The van der Waals surface area contributed by atoms with Crippen LogP contribution in [0.1, 0.15) is 31.1 Å². The van der Waals surface area contributed by atoms with Gasteiger partial charge in [-0.15, -0.1) is 11.3 Å². The van der Waals surface area contributed by atoms with Crippen LogP contribution in [0.3, 0.4) is 0 Å². The smallest absolute Gasteiger partial charge is 0.150 e. The fourth-order valence-electron chi connectivity index (χ4n) is 2.98. The largest absolute Gasteiger partial charge is 0.356 e. The van der Waals surface area contributed by atoms with Gasteiger partial charge in [0.25, 0.3) is 0 Å². The summed E-state index contributed by atoms with van der Waals surface area (Å²) < 4.78 is 8.92. The van der Waals surface area contributed by atoms with E-state index in [-0.39, 0.29) is 6.23 Å². The summed E-state index contributed by atoms with van der Waals surface area (Å²) >= 11 is 1.65.